The van der Waals surface area contributed by atoms with E-state index < -0.39 is 0 Å². The third-order valence-electron chi connectivity index (χ3n) is 2.20. The minimum Gasteiger partial charge on any atom is -0.392 e. The topological polar surface area (TPSA) is 46.0 Å². The van der Waals surface area contributed by atoms with Crippen molar-refractivity contribution >= 4 is 11.0 Å². The van der Waals surface area contributed by atoms with E-state index in [2.05, 4.69) is 9.97 Å². The molecule has 0 aliphatic heterocycles. The highest BCUT2D eigenvalue weighted by Gasteiger charge is 2.02. The van der Waals surface area contributed by atoms with Crippen LogP contribution in [0.2, 0.25) is 0 Å². The van der Waals surface area contributed by atoms with Crippen molar-refractivity contribution in [3.8, 4) is 0 Å². The van der Waals surface area contributed by atoms with Crippen LogP contribution in [0.15, 0.2) is 18.3 Å². The fourth-order valence-corrected chi connectivity index (χ4v) is 1.54. The van der Waals surface area contributed by atoms with Gasteiger partial charge in [0.05, 0.1) is 23.3 Å². The summed E-state index contributed by atoms with van der Waals surface area (Å²) < 4.78 is 0. The van der Waals surface area contributed by atoms with Crippen molar-refractivity contribution in [2.45, 2.75) is 20.5 Å². The molecule has 0 amide bonds. The summed E-state index contributed by atoms with van der Waals surface area (Å²) in [6.45, 7) is 3.95. The third kappa shape index (κ3) is 1.46. The summed E-state index contributed by atoms with van der Waals surface area (Å²) >= 11 is 0. The molecule has 0 saturated heterocycles. The summed E-state index contributed by atoms with van der Waals surface area (Å²) in [5.74, 6) is 0. The monoisotopic (exact) mass is 188 g/mol. The molecule has 2 aromatic rings. The molecule has 2 rings (SSSR count). The number of rotatable bonds is 1. The van der Waals surface area contributed by atoms with Gasteiger partial charge in [0.15, 0.2) is 0 Å². The molecule has 0 fully saturated rings. The summed E-state index contributed by atoms with van der Waals surface area (Å²) in [6, 6.07) is 3.81. The Balaban J connectivity index is 2.76. The summed E-state index contributed by atoms with van der Waals surface area (Å²) in [4.78, 5) is 8.68. The molecule has 0 bridgehead atoms. The minimum atomic E-state index is 0.0480. The highest BCUT2D eigenvalue weighted by atomic mass is 16.3. The predicted octanol–water partition coefficient (Wildman–Crippen LogP) is 1.74. The molecule has 1 N–H and O–H groups in total. The first-order chi connectivity index (χ1) is 6.70. The standard InChI is InChI=1S/C11H12N2O/c1-7-3-9(6-14)4-10-11(7)13-8(2)5-12-10/h3-5,14H,6H2,1-2H3. The lowest BCUT2D eigenvalue weighted by Crippen LogP contribution is -1.93. The van der Waals surface area contributed by atoms with Crippen molar-refractivity contribution in [2.75, 3.05) is 0 Å². The lowest BCUT2D eigenvalue weighted by molar-refractivity contribution is 0.282. The minimum absolute atomic E-state index is 0.0480. The zero-order chi connectivity index (χ0) is 10.1. The Morgan fingerprint density at radius 3 is 2.79 bits per heavy atom. The smallest absolute Gasteiger partial charge is 0.0919 e. The largest absolute Gasteiger partial charge is 0.392 e. The first kappa shape index (κ1) is 9.09. The third-order valence-corrected chi connectivity index (χ3v) is 2.20. The number of nitrogens with zero attached hydrogens (tertiary/aromatic N) is 2. The van der Waals surface area contributed by atoms with Crippen molar-refractivity contribution in [1.82, 2.24) is 9.97 Å². The molecule has 14 heavy (non-hydrogen) atoms. The van der Waals surface area contributed by atoms with Gasteiger partial charge in [0.2, 0.25) is 0 Å². The lowest BCUT2D eigenvalue weighted by Gasteiger charge is -2.04. The molecule has 0 atom stereocenters. The molecule has 0 saturated carbocycles. The molecule has 0 spiro atoms. The van der Waals surface area contributed by atoms with Gasteiger partial charge in [-0.25, -0.2) is 4.98 Å². The van der Waals surface area contributed by atoms with Crippen LogP contribution >= 0.6 is 0 Å². The normalized spacial score (nSPS) is 10.8. The molecule has 0 unspecified atom stereocenters. The number of hydrogen-bond acceptors (Lipinski definition) is 3. The van der Waals surface area contributed by atoms with Crippen LogP contribution in [-0.4, -0.2) is 15.1 Å². The van der Waals surface area contributed by atoms with E-state index in [1.165, 1.54) is 0 Å². The Hall–Kier alpha value is -1.48. The lowest BCUT2D eigenvalue weighted by atomic mass is 10.1. The van der Waals surface area contributed by atoms with Crippen LogP contribution in [0.1, 0.15) is 16.8 Å². The first-order valence-corrected chi connectivity index (χ1v) is 4.54. The summed E-state index contributed by atoms with van der Waals surface area (Å²) in [5.41, 5.74) is 4.62. The molecule has 1 aromatic carbocycles. The van der Waals surface area contributed by atoms with Crippen LogP contribution in [0.3, 0.4) is 0 Å². The van der Waals surface area contributed by atoms with Gasteiger partial charge in [-0.15, -0.1) is 0 Å². The van der Waals surface area contributed by atoms with Crippen LogP contribution < -0.4 is 0 Å². The van der Waals surface area contributed by atoms with Gasteiger partial charge in [-0.1, -0.05) is 6.07 Å². The second-order valence-corrected chi connectivity index (χ2v) is 3.45. The van der Waals surface area contributed by atoms with Crippen molar-refractivity contribution in [3.05, 3.63) is 35.2 Å². The molecule has 1 aromatic heterocycles. The van der Waals surface area contributed by atoms with Crippen LogP contribution in [0.5, 0.6) is 0 Å². The molecule has 0 aliphatic carbocycles. The number of aryl methyl sites for hydroxylation is 2. The molecule has 3 heteroatoms. The van der Waals surface area contributed by atoms with E-state index in [1.54, 1.807) is 6.20 Å². The first-order valence-electron chi connectivity index (χ1n) is 4.54. The van der Waals surface area contributed by atoms with Crippen molar-refractivity contribution in [3.63, 3.8) is 0 Å². The number of aliphatic hydroxyl groups is 1. The number of aromatic nitrogens is 2. The number of benzene rings is 1. The molecular formula is C11H12N2O. The molecular weight excluding hydrogens is 176 g/mol. The molecule has 3 nitrogen and oxygen atoms in total. The van der Waals surface area contributed by atoms with Gasteiger partial charge >= 0.3 is 0 Å². The van der Waals surface area contributed by atoms with Crippen molar-refractivity contribution in [1.29, 1.82) is 0 Å². The van der Waals surface area contributed by atoms with E-state index >= 15 is 0 Å². The fourth-order valence-electron chi connectivity index (χ4n) is 1.54. The number of aliphatic hydroxyl groups excluding tert-OH is 1. The molecule has 0 radical (unpaired) electrons. The van der Waals surface area contributed by atoms with E-state index in [0.29, 0.717) is 0 Å². The van der Waals surface area contributed by atoms with Gasteiger partial charge in [0.1, 0.15) is 0 Å². The average molecular weight is 188 g/mol. The van der Waals surface area contributed by atoms with E-state index in [0.717, 1.165) is 27.9 Å². The van der Waals surface area contributed by atoms with Crippen molar-refractivity contribution in [2.24, 2.45) is 0 Å². The summed E-state index contributed by atoms with van der Waals surface area (Å²) in [5, 5.41) is 9.03. The van der Waals surface area contributed by atoms with Crippen LogP contribution in [0, 0.1) is 13.8 Å². The molecule has 1 heterocycles. The van der Waals surface area contributed by atoms with Crippen LogP contribution in [0.4, 0.5) is 0 Å². The highest BCUT2D eigenvalue weighted by Crippen LogP contribution is 2.17. The fraction of sp³-hybridized carbons (Fsp3) is 0.273. The van der Waals surface area contributed by atoms with Crippen LogP contribution in [0.25, 0.3) is 11.0 Å². The highest BCUT2D eigenvalue weighted by molar-refractivity contribution is 5.78. The number of fused-ring (bicyclic) bond motifs is 1. The second kappa shape index (κ2) is 3.35. The Labute approximate surface area is 82.4 Å². The zero-order valence-electron chi connectivity index (χ0n) is 8.28. The van der Waals surface area contributed by atoms with E-state index in [9.17, 15) is 0 Å². The maximum atomic E-state index is 9.03. The van der Waals surface area contributed by atoms with Gasteiger partial charge in [0.25, 0.3) is 0 Å². The Morgan fingerprint density at radius 1 is 1.29 bits per heavy atom. The Bertz CT molecular complexity index is 480. The Morgan fingerprint density at radius 2 is 2.07 bits per heavy atom. The Kier molecular flexibility index (Phi) is 2.17. The number of hydrogen-bond donors (Lipinski definition) is 1. The predicted molar refractivity (Wildman–Crippen MR) is 54.9 cm³/mol. The SMILES string of the molecule is Cc1cnc2cc(CO)cc(C)c2n1. The van der Waals surface area contributed by atoms with E-state index in [4.69, 9.17) is 5.11 Å². The maximum absolute atomic E-state index is 9.03. The maximum Gasteiger partial charge on any atom is 0.0919 e. The second-order valence-electron chi connectivity index (χ2n) is 3.45. The molecule has 0 aliphatic rings. The van der Waals surface area contributed by atoms with Gasteiger partial charge in [-0.3, -0.25) is 4.98 Å². The quantitative estimate of drug-likeness (QED) is 0.741. The van der Waals surface area contributed by atoms with E-state index in [-0.39, 0.29) is 6.61 Å². The molecule has 72 valence electrons. The summed E-state index contributed by atoms with van der Waals surface area (Å²) in [6.07, 6.45) is 1.74. The van der Waals surface area contributed by atoms with Gasteiger partial charge in [0, 0.05) is 6.20 Å². The average Bonchev–Trinajstić information content (AvgIpc) is 2.19. The van der Waals surface area contributed by atoms with Crippen molar-refractivity contribution < 1.29 is 5.11 Å². The zero-order valence-corrected chi connectivity index (χ0v) is 8.28. The van der Waals surface area contributed by atoms with Gasteiger partial charge < -0.3 is 5.11 Å². The van der Waals surface area contributed by atoms with Crippen LogP contribution in [-0.2, 0) is 6.61 Å². The van der Waals surface area contributed by atoms with Gasteiger partial charge in [-0.2, -0.15) is 0 Å². The van der Waals surface area contributed by atoms with E-state index in [1.807, 2.05) is 26.0 Å². The van der Waals surface area contributed by atoms with Gasteiger partial charge in [-0.05, 0) is 31.0 Å². The summed E-state index contributed by atoms with van der Waals surface area (Å²) in [7, 11) is 0.